The summed E-state index contributed by atoms with van der Waals surface area (Å²) in [7, 11) is 0. The first-order valence-electron chi connectivity index (χ1n) is 11.5. The largest absolute Gasteiger partial charge is 0.483 e. The number of hydrogen-bond donors (Lipinski definition) is 1. The third-order valence-electron chi connectivity index (χ3n) is 6.79. The number of carboxylic acid groups (broad SMARTS) is 1. The monoisotopic (exact) mass is 486 g/mol. The number of carbonyl (C=O) groups is 1. The Morgan fingerprint density at radius 3 is 2.62 bits per heavy atom. The second-order valence-corrected chi connectivity index (χ2v) is 9.06. The lowest BCUT2D eigenvalue weighted by atomic mass is 9.77. The molecule has 34 heavy (non-hydrogen) atoms. The minimum absolute atomic E-state index is 0.0152. The third-order valence-corrected chi connectivity index (χ3v) is 6.79. The Hall–Kier alpha value is -2.53. The number of rotatable bonds is 9. The Bertz CT molecular complexity index is 965. The van der Waals surface area contributed by atoms with Gasteiger partial charge in [-0.2, -0.15) is 13.2 Å². The lowest BCUT2D eigenvalue weighted by Gasteiger charge is -2.37. The molecule has 0 radical (unpaired) electrons. The van der Waals surface area contributed by atoms with Crippen LogP contribution in [0.1, 0.15) is 32.1 Å². The van der Waals surface area contributed by atoms with Crippen molar-refractivity contribution in [2.45, 2.75) is 38.3 Å². The van der Waals surface area contributed by atoms with Gasteiger partial charge in [0.15, 0.2) is 12.2 Å². The quantitative estimate of drug-likeness (QED) is 0.566. The van der Waals surface area contributed by atoms with Gasteiger partial charge in [-0.15, -0.1) is 0 Å². The van der Waals surface area contributed by atoms with Crippen LogP contribution >= 0.6 is 0 Å². The Kier molecular flexibility index (Phi) is 7.51. The molecular weight excluding hydrogens is 457 g/mol. The summed E-state index contributed by atoms with van der Waals surface area (Å²) in [6.07, 6.45) is -1.01. The molecule has 0 bridgehead atoms. The fourth-order valence-corrected chi connectivity index (χ4v) is 4.59. The van der Waals surface area contributed by atoms with Crippen molar-refractivity contribution in [1.29, 1.82) is 0 Å². The zero-order chi connectivity index (χ0) is 24.2. The van der Waals surface area contributed by atoms with Crippen molar-refractivity contribution in [2.75, 3.05) is 46.1 Å². The molecular formula is C23H29F3N2O6. The van der Waals surface area contributed by atoms with Crippen molar-refractivity contribution in [3.8, 4) is 11.6 Å². The highest BCUT2D eigenvalue weighted by Gasteiger charge is 2.40. The number of piperidine rings is 1. The fraction of sp³-hybridized carbons (Fsp3) is 0.652. The molecule has 0 atom stereocenters. The van der Waals surface area contributed by atoms with Crippen LogP contribution in [0.5, 0.6) is 11.6 Å². The van der Waals surface area contributed by atoms with E-state index in [0.29, 0.717) is 50.1 Å². The molecule has 2 saturated heterocycles. The van der Waals surface area contributed by atoms with Gasteiger partial charge in [0.1, 0.15) is 11.1 Å². The number of halogens is 3. The van der Waals surface area contributed by atoms with E-state index in [9.17, 15) is 23.1 Å². The number of aliphatic carboxylic acids is 1. The summed E-state index contributed by atoms with van der Waals surface area (Å²) < 4.78 is 59.0. The van der Waals surface area contributed by atoms with Crippen LogP contribution in [0.4, 0.5) is 13.2 Å². The van der Waals surface area contributed by atoms with Gasteiger partial charge in [0.25, 0.3) is 5.88 Å². The molecule has 1 aromatic carbocycles. The molecule has 0 saturated carbocycles. The first-order chi connectivity index (χ1) is 16.3. The summed E-state index contributed by atoms with van der Waals surface area (Å²) in [6, 6.07) is 4.56. The lowest BCUT2D eigenvalue weighted by molar-refractivity contribution is -0.156. The van der Waals surface area contributed by atoms with Gasteiger partial charge < -0.3 is 28.7 Å². The first kappa shape index (κ1) is 24.6. The summed E-state index contributed by atoms with van der Waals surface area (Å²) in [6.45, 7) is 2.33. The molecule has 3 heterocycles. The maximum atomic E-state index is 12.6. The lowest BCUT2D eigenvalue weighted by Crippen LogP contribution is -2.42. The van der Waals surface area contributed by atoms with Gasteiger partial charge in [-0.25, -0.2) is 0 Å². The zero-order valence-corrected chi connectivity index (χ0v) is 18.8. The van der Waals surface area contributed by atoms with Crippen LogP contribution < -0.4 is 9.47 Å². The van der Waals surface area contributed by atoms with E-state index in [0.717, 1.165) is 32.5 Å². The van der Waals surface area contributed by atoms with Crippen LogP contribution in [0.25, 0.3) is 11.0 Å². The zero-order valence-electron chi connectivity index (χ0n) is 18.8. The Labute approximate surface area is 194 Å². The molecule has 4 rings (SSSR count). The number of nitrogens with zero attached hydrogens (tertiary/aromatic N) is 2. The minimum atomic E-state index is -4.46. The molecule has 11 heteroatoms. The first-order valence-corrected chi connectivity index (χ1v) is 11.5. The Balaban J connectivity index is 1.28. The van der Waals surface area contributed by atoms with E-state index in [-0.39, 0.29) is 17.5 Å². The summed E-state index contributed by atoms with van der Waals surface area (Å²) in [5.74, 6) is -0.347. The molecule has 2 aliphatic rings. The average molecular weight is 486 g/mol. The number of hydrogen-bond acceptors (Lipinski definition) is 7. The Morgan fingerprint density at radius 2 is 1.94 bits per heavy atom. The molecule has 0 unspecified atom stereocenters. The highest BCUT2D eigenvalue weighted by molar-refractivity contribution is 5.88. The van der Waals surface area contributed by atoms with Crippen LogP contribution in [-0.4, -0.2) is 73.4 Å². The molecule has 0 amide bonds. The number of alkyl halides is 3. The van der Waals surface area contributed by atoms with Gasteiger partial charge in [0.2, 0.25) is 0 Å². The maximum absolute atomic E-state index is 12.6. The second kappa shape index (κ2) is 10.4. The van der Waals surface area contributed by atoms with E-state index < -0.39 is 24.2 Å². The molecule has 1 N–H and O–H groups in total. The van der Waals surface area contributed by atoms with Gasteiger partial charge in [-0.1, -0.05) is 6.07 Å². The second-order valence-electron chi connectivity index (χ2n) is 9.06. The molecule has 2 fully saturated rings. The van der Waals surface area contributed by atoms with Crippen LogP contribution in [0, 0.1) is 11.3 Å². The van der Waals surface area contributed by atoms with E-state index in [2.05, 4.69) is 10.1 Å². The third kappa shape index (κ3) is 5.93. The van der Waals surface area contributed by atoms with Crippen molar-refractivity contribution in [3.05, 3.63) is 18.2 Å². The minimum Gasteiger partial charge on any atom is -0.483 e. The van der Waals surface area contributed by atoms with E-state index in [1.54, 1.807) is 6.07 Å². The van der Waals surface area contributed by atoms with Crippen LogP contribution in [0.15, 0.2) is 22.7 Å². The van der Waals surface area contributed by atoms with Crippen molar-refractivity contribution >= 4 is 16.9 Å². The molecule has 1 aromatic heterocycles. The van der Waals surface area contributed by atoms with Crippen LogP contribution in [0.3, 0.4) is 0 Å². The van der Waals surface area contributed by atoms with Gasteiger partial charge >= 0.3 is 12.1 Å². The van der Waals surface area contributed by atoms with Crippen molar-refractivity contribution in [3.63, 3.8) is 0 Å². The normalized spacial score (nSPS) is 19.9. The van der Waals surface area contributed by atoms with Crippen molar-refractivity contribution < 1.29 is 41.8 Å². The SMILES string of the molecule is O=C(O)C1(CCN2CCC(COc3noc4cccc(OCC(F)(F)F)c34)CC2)CCOCC1. The van der Waals surface area contributed by atoms with Crippen molar-refractivity contribution in [2.24, 2.45) is 11.3 Å². The topological polar surface area (TPSA) is 94.3 Å². The molecule has 8 nitrogen and oxygen atoms in total. The number of aromatic nitrogens is 1. The predicted octanol–water partition coefficient (Wildman–Crippen LogP) is 4.13. The number of benzene rings is 1. The van der Waals surface area contributed by atoms with Crippen LogP contribution in [0.2, 0.25) is 0 Å². The average Bonchev–Trinajstić information content (AvgIpc) is 3.24. The van der Waals surface area contributed by atoms with Gasteiger partial charge in [0.05, 0.1) is 12.0 Å². The van der Waals surface area contributed by atoms with Crippen molar-refractivity contribution in [1.82, 2.24) is 10.1 Å². The Morgan fingerprint density at radius 1 is 1.21 bits per heavy atom. The molecule has 2 aliphatic heterocycles. The van der Waals surface area contributed by atoms with Gasteiger partial charge in [-0.05, 0) is 74.9 Å². The van der Waals surface area contributed by atoms with Gasteiger partial charge in [-0.3, -0.25) is 4.79 Å². The van der Waals surface area contributed by atoms with E-state index >= 15 is 0 Å². The summed E-state index contributed by atoms with van der Waals surface area (Å²) in [5, 5.41) is 13.9. The smallest absolute Gasteiger partial charge is 0.422 e. The number of likely N-dealkylation sites (tertiary alicyclic amines) is 1. The number of fused-ring (bicyclic) bond motifs is 1. The van der Waals surface area contributed by atoms with Crippen LogP contribution in [-0.2, 0) is 9.53 Å². The summed E-state index contributed by atoms with van der Waals surface area (Å²) in [4.78, 5) is 14.1. The predicted molar refractivity (Wildman–Crippen MR) is 115 cm³/mol. The summed E-state index contributed by atoms with van der Waals surface area (Å²) in [5.41, 5.74) is -0.400. The molecule has 2 aromatic rings. The number of ether oxygens (including phenoxy) is 3. The highest BCUT2D eigenvalue weighted by Crippen LogP contribution is 2.36. The standard InChI is InChI=1S/C23H29F3N2O6/c24-23(25,26)15-33-17-2-1-3-18-19(17)20(27-34-18)32-14-16-4-9-28(10-5-16)11-6-22(21(29)30)7-12-31-13-8-22/h1-3,16H,4-15H2,(H,29,30). The molecule has 188 valence electrons. The number of carboxylic acids is 1. The molecule has 0 aliphatic carbocycles. The molecule has 0 spiro atoms. The fourth-order valence-electron chi connectivity index (χ4n) is 4.59. The maximum Gasteiger partial charge on any atom is 0.422 e. The summed E-state index contributed by atoms with van der Waals surface area (Å²) >= 11 is 0. The highest BCUT2D eigenvalue weighted by atomic mass is 19.4. The van der Waals surface area contributed by atoms with Gasteiger partial charge in [0, 0.05) is 13.2 Å². The van der Waals surface area contributed by atoms with E-state index in [4.69, 9.17) is 18.7 Å². The van der Waals surface area contributed by atoms with E-state index in [1.807, 2.05) is 0 Å². The van der Waals surface area contributed by atoms with E-state index in [1.165, 1.54) is 12.1 Å².